The monoisotopic (exact) mass is 917 g/mol. The van der Waals surface area contributed by atoms with Crippen molar-refractivity contribution in [2.45, 2.75) is 187 Å². The number of rotatable bonds is 44. The molecule has 0 rings (SSSR count). The van der Waals surface area contributed by atoms with Crippen LogP contribution in [0.5, 0.6) is 0 Å². The highest BCUT2D eigenvalue weighted by atomic mass is 16.6. The van der Waals surface area contributed by atoms with Crippen molar-refractivity contribution in [1.82, 2.24) is 0 Å². The van der Waals surface area contributed by atoms with Gasteiger partial charge in [-0.25, -0.2) is 4.79 Å². The van der Waals surface area contributed by atoms with Gasteiger partial charge in [-0.2, -0.15) is 0 Å². The second kappa shape index (κ2) is 47.2. The summed E-state index contributed by atoms with van der Waals surface area (Å²) in [6.45, 7) is 4.45. The number of unbranched alkanes of at least 4 members (excludes halogenated alkanes) is 10. The summed E-state index contributed by atoms with van der Waals surface area (Å²) in [6, 6.07) is -0.631. The van der Waals surface area contributed by atoms with E-state index in [0.29, 0.717) is 19.3 Å². The molecular formula is C58H94NO7+. The molecule has 0 saturated heterocycles. The molecule has 1 N–H and O–H groups in total. The highest BCUT2D eigenvalue weighted by molar-refractivity contribution is 5.72. The minimum Gasteiger partial charge on any atom is -0.477 e. The van der Waals surface area contributed by atoms with Crippen molar-refractivity contribution in [3.8, 4) is 0 Å². The molecule has 0 amide bonds. The van der Waals surface area contributed by atoms with E-state index in [0.717, 1.165) is 128 Å². The van der Waals surface area contributed by atoms with Crippen LogP contribution in [0.2, 0.25) is 0 Å². The van der Waals surface area contributed by atoms with E-state index >= 15 is 0 Å². The van der Waals surface area contributed by atoms with Crippen LogP contribution in [0, 0.1) is 0 Å². The standard InChI is InChI=1S/C58H93NO7/c1-6-8-10-12-14-16-18-20-22-24-26-28-29-31-33-35-37-39-41-43-45-47-49-57(61)66-54(52-64-51-50-55(58(62)63)59(3,4)5)53-65-56(60)48-46-44-42-40-38-36-34-32-30-27-25-23-21-19-17-15-13-11-9-7-2/h8-11,14-17,20-23,26-28,30-31,33-34,36,54-55H,6-7,12-13,18-19,24-25,29,32,35,37-53H2,1-5H3/p+1/b10-8+,11-9+,16-14+,17-15+,22-20+,23-21+,28-26+,30-27+,33-31+,36-34+. The number of hydrogen-bond donors (Lipinski definition) is 1. The van der Waals surface area contributed by atoms with Crippen molar-refractivity contribution in [2.75, 3.05) is 41.0 Å². The van der Waals surface area contributed by atoms with Gasteiger partial charge in [-0.15, -0.1) is 0 Å². The maximum absolute atomic E-state index is 12.8. The molecule has 372 valence electrons. The number of nitrogens with zero attached hydrogens (tertiary/aromatic N) is 1. The van der Waals surface area contributed by atoms with Gasteiger partial charge >= 0.3 is 17.9 Å². The van der Waals surface area contributed by atoms with E-state index in [2.05, 4.69) is 135 Å². The molecular weight excluding hydrogens is 823 g/mol. The van der Waals surface area contributed by atoms with E-state index in [1.807, 2.05) is 21.1 Å². The van der Waals surface area contributed by atoms with Crippen molar-refractivity contribution in [3.05, 3.63) is 122 Å². The second-order valence-electron chi connectivity index (χ2n) is 17.7. The Morgan fingerprint density at radius 2 is 0.803 bits per heavy atom. The summed E-state index contributed by atoms with van der Waals surface area (Å²) in [5.74, 6) is -1.53. The molecule has 2 atom stereocenters. The first-order valence-corrected chi connectivity index (χ1v) is 25.6. The van der Waals surface area contributed by atoms with E-state index in [9.17, 15) is 19.5 Å². The Balaban J connectivity index is 4.37. The summed E-state index contributed by atoms with van der Waals surface area (Å²) in [5, 5.41) is 9.66. The van der Waals surface area contributed by atoms with Gasteiger partial charge in [0.1, 0.15) is 6.61 Å². The first kappa shape index (κ1) is 61.7. The summed E-state index contributed by atoms with van der Waals surface area (Å²) in [4.78, 5) is 37.2. The van der Waals surface area contributed by atoms with Gasteiger partial charge in [-0.05, 0) is 103 Å². The lowest BCUT2D eigenvalue weighted by molar-refractivity contribution is -0.887. The minimum absolute atomic E-state index is 0.0379. The average Bonchev–Trinajstić information content (AvgIpc) is 3.28. The SMILES string of the molecule is CC/C=C/C/C=C/C/C=C/C/C=C/C/C=C/CCCCCCCCC(=O)OC(COCCC(C(=O)O)[N+](C)(C)C)COC(=O)CCCCCC/C=C/C/C=C/C/C=C/C/C=C/C/C=C/CC. The molecule has 0 aliphatic heterocycles. The molecule has 0 aliphatic carbocycles. The largest absolute Gasteiger partial charge is 0.477 e. The smallest absolute Gasteiger partial charge is 0.362 e. The lowest BCUT2D eigenvalue weighted by Gasteiger charge is -2.31. The van der Waals surface area contributed by atoms with Crippen molar-refractivity contribution in [2.24, 2.45) is 0 Å². The lowest BCUT2D eigenvalue weighted by atomic mass is 10.1. The zero-order valence-corrected chi connectivity index (χ0v) is 42.3. The summed E-state index contributed by atoms with van der Waals surface area (Å²) < 4.78 is 17.3. The second-order valence-corrected chi connectivity index (χ2v) is 17.7. The number of likely N-dealkylation sites (N-methyl/N-ethyl adjacent to an activating group) is 1. The number of carbonyl (C=O) groups excluding carboxylic acids is 2. The summed E-state index contributed by atoms with van der Waals surface area (Å²) >= 11 is 0. The van der Waals surface area contributed by atoms with E-state index in [-0.39, 0.29) is 36.2 Å². The van der Waals surface area contributed by atoms with Crippen molar-refractivity contribution >= 4 is 17.9 Å². The van der Waals surface area contributed by atoms with E-state index in [1.165, 1.54) is 12.8 Å². The van der Waals surface area contributed by atoms with Crippen LogP contribution in [0.15, 0.2) is 122 Å². The van der Waals surface area contributed by atoms with Crippen molar-refractivity contribution in [3.63, 3.8) is 0 Å². The average molecular weight is 917 g/mol. The Morgan fingerprint density at radius 1 is 0.455 bits per heavy atom. The van der Waals surface area contributed by atoms with Crippen molar-refractivity contribution < 1.29 is 38.2 Å². The summed E-state index contributed by atoms with van der Waals surface area (Å²) in [5.41, 5.74) is 0. The van der Waals surface area contributed by atoms with Gasteiger partial charge in [0.25, 0.3) is 0 Å². The zero-order valence-electron chi connectivity index (χ0n) is 42.3. The number of esters is 2. The Bertz CT molecular complexity index is 1490. The van der Waals surface area contributed by atoms with Crippen LogP contribution in [-0.4, -0.2) is 80.6 Å². The Kier molecular flexibility index (Phi) is 44.2. The van der Waals surface area contributed by atoms with Gasteiger partial charge in [0, 0.05) is 19.3 Å². The zero-order chi connectivity index (χ0) is 48.4. The van der Waals surface area contributed by atoms with Crippen LogP contribution >= 0.6 is 0 Å². The molecule has 8 nitrogen and oxygen atoms in total. The van der Waals surface area contributed by atoms with Gasteiger partial charge < -0.3 is 23.8 Å². The van der Waals surface area contributed by atoms with E-state index in [4.69, 9.17) is 14.2 Å². The number of carboxylic acid groups (broad SMARTS) is 1. The third-order valence-electron chi connectivity index (χ3n) is 10.6. The molecule has 0 bridgehead atoms. The maximum Gasteiger partial charge on any atom is 0.362 e. The lowest BCUT2D eigenvalue weighted by Crippen LogP contribution is -2.50. The quantitative estimate of drug-likeness (QED) is 0.0281. The predicted octanol–water partition coefficient (Wildman–Crippen LogP) is 15.0. The molecule has 8 heteroatoms. The minimum atomic E-state index is -0.887. The summed E-state index contributed by atoms with van der Waals surface area (Å²) in [6.07, 6.45) is 66.7. The number of ether oxygens (including phenoxy) is 3. The topological polar surface area (TPSA) is 99.1 Å². The number of allylic oxidation sites excluding steroid dienone is 20. The molecule has 0 aliphatic rings. The third-order valence-corrected chi connectivity index (χ3v) is 10.6. The molecule has 2 unspecified atom stereocenters. The fraction of sp³-hybridized carbons (Fsp3) is 0.603. The molecule has 0 saturated carbocycles. The van der Waals surface area contributed by atoms with Gasteiger partial charge in [-0.1, -0.05) is 174 Å². The van der Waals surface area contributed by atoms with Gasteiger partial charge in [0.2, 0.25) is 0 Å². The van der Waals surface area contributed by atoms with E-state index < -0.39 is 18.1 Å². The van der Waals surface area contributed by atoms with Crippen LogP contribution < -0.4 is 0 Å². The van der Waals surface area contributed by atoms with Gasteiger partial charge in [-0.3, -0.25) is 9.59 Å². The first-order chi connectivity index (χ1) is 32.1. The Labute approximate surface area is 403 Å². The molecule has 0 radical (unpaired) electrons. The van der Waals surface area contributed by atoms with Crippen LogP contribution in [0.4, 0.5) is 0 Å². The number of quaternary nitrogens is 1. The molecule has 66 heavy (non-hydrogen) atoms. The van der Waals surface area contributed by atoms with Crippen LogP contribution in [0.25, 0.3) is 0 Å². The first-order valence-electron chi connectivity index (χ1n) is 25.6. The van der Waals surface area contributed by atoms with Crippen molar-refractivity contribution in [1.29, 1.82) is 0 Å². The highest BCUT2D eigenvalue weighted by Gasteiger charge is 2.31. The Morgan fingerprint density at radius 3 is 1.18 bits per heavy atom. The van der Waals surface area contributed by atoms with Crippen LogP contribution in [0.1, 0.15) is 174 Å². The number of aliphatic carboxylic acids is 1. The Hall–Kier alpha value is -4.27. The molecule has 0 heterocycles. The van der Waals surface area contributed by atoms with E-state index in [1.54, 1.807) is 0 Å². The third kappa shape index (κ3) is 44.9. The van der Waals surface area contributed by atoms with Gasteiger partial charge in [0.05, 0.1) is 34.4 Å². The highest BCUT2D eigenvalue weighted by Crippen LogP contribution is 2.13. The number of hydrogen-bond acceptors (Lipinski definition) is 6. The molecule has 0 spiro atoms. The van der Waals surface area contributed by atoms with Crippen LogP contribution in [-0.2, 0) is 28.6 Å². The maximum atomic E-state index is 12.8. The summed E-state index contributed by atoms with van der Waals surface area (Å²) in [7, 11) is 5.51. The fourth-order valence-corrected chi connectivity index (χ4v) is 6.73. The fourth-order valence-electron chi connectivity index (χ4n) is 6.73. The normalized spacial score (nSPS) is 13.9. The molecule has 0 fully saturated rings. The van der Waals surface area contributed by atoms with Crippen LogP contribution in [0.3, 0.4) is 0 Å². The molecule has 0 aromatic rings. The number of carboxylic acids is 1. The van der Waals surface area contributed by atoms with Gasteiger partial charge in [0.15, 0.2) is 12.1 Å². The predicted molar refractivity (Wildman–Crippen MR) is 279 cm³/mol. The molecule has 0 aromatic heterocycles. The number of carbonyl (C=O) groups is 3. The molecule has 0 aromatic carbocycles.